The van der Waals surface area contributed by atoms with Gasteiger partial charge in [-0.15, -0.1) is 0 Å². The number of carboxylic acids is 1. The zero-order chi connectivity index (χ0) is 25.4. The maximum Gasteiger partial charge on any atom is 0.309 e. The number of nitrogens with one attached hydrogen (secondary N) is 1. The van der Waals surface area contributed by atoms with Crippen LogP contribution >= 0.6 is 0 Å². The molecule has 0 bridgehead atoms. The third kappa shape index (κ3) is 4.31. The van der Waals surface area contributed by atoms with Crippen LogP contribution in [0.3, 0.4) is 0 Å². The SMILES string of the molecule is CCC1(C(=O)O)CCCC(NC(=O)c2cnn3ccc(N4CCC[C@@H]4c4cc(F)ccc4F)cc23)C1. The fraction of sp³-hybridized carbons (Fsp3) is 0.444. The molecule has 3 atom stereocenters. The number of fused-ring (bicyclic) bond motifs is 1. The molecular weight excluding hydrogens is 466 g/mol. The number of benzene rings is 1. The van der Waals surface area contributed by atoms with Crippen molar-refractivity contribution in [2.75, 3.05) is 11.4 Å². The Hall–Kier alpha value is -3.49. The average molecular weight is 497 g/mol. The number of carbonyl (C=O) groups excluding carboxylic acids is 1. The predicted octanol–water partition coefficient (Wildman–Crippen LogP) is 5.11. The number of anilines is 1. The molecule has 3 aromatic rings. The summed E-state index contributed by atoms with van der Waals surface area (Å²) in [6, 6.07) is 6.73. The van der Waals surface area contributed by atoms with E-state index < -0.39 is 23.0 Å². The lowest BCUT2D eigenvalue weighted by molar-refractivity contribution is -0.151. The van der Waals surface area contributed by atoms with Gasteiger partial charge in [-0.05, 0) is 68.9 Å². The number of rotatable bonds is 6. The summed E-state index contributed by atoms with van der Waals surface area (Å²) in [4.78, 5) is 27.2. The third-order valence-corrected chi connectivity index (χ3v) is 7.96. The summed E-state index contributed by atoms with van der Waals surface area (Å²) in [5, 5.41) is 17.1. The molecule has 0 radical (unpaired) electrons. The minimum absolute atomic E-state index is 0.223. The van der Waals surface area contributed by atoms with Gasteiger partial charge >= 0.3 is 5.97 Å². The molecule has 36 heavy (non-hydrogen) atoms. The summed E-state index contributed by atoms with van der Waals surface area (Å²) >= 11 is 0. The number of aromatic nitrogens is 2. The van der Waals surface area contributed by atoms with Crippen LogP contribution in [0.1, 0.15) is 73.8 Å². The molecule has 1 aromatic carbocycles. The largest absolute Gasteiger partial charge is 0.481 e. The maximum atomic E-state index is 14.5. The van der Waals surface area contributed by atoms with Gasteiger partial charge in [0, 0.05) is 30.0 Å². The van der Waals surface area contributed by atoms with Gasteiger partial charge in [-0.1, -0.05) is 13.3 Å². The van der Waals surface area contributed by atoms with Crippen molar-refractivity contribution in [1.82, 2.24) is 14.9 Å². The number of pyridine rings is 1. The summed E-state index contributed by atoms with van der Waals surface area (Å²) < 4.78 is 30.0. The van der Waals surface area contributed by atoms with E-state index in [0.29, 0.717) is 48.9 Å². The normalized spacial score (nSPS) is 24.2. The maximum absolute atomic E-state index is 14.5. The van der Waals surface area contributed by atoms with Gasteiger partial charge in [0.15, 0.2) is 0 Å². The predicted molar refractivity (Wildman–Crippen MR) is 131 cm³/mol. The first-order valence-corrected chi connectivity index (χ1v) is 12.5. The minimum Gasteiger partial charge on any atom is -0.481 e. The Morgan fingerprint density at radius 1 is 1.19 bits per heavy atom. The standard InChI is InChI=1S/C27H30F2N4O3/c1-2-27(26(35)36)10-3-5-18(15-27)31-25(34)21-16-30-33-12-9-19(14-24(21)33)32-11-4-6-23(32)20-13-17(28)7-8-22(20)29/h7-9,12-14,16,18,23H,2-6,10-11,15H2,1H3,(H,31,34)(H,35,36)/t18?,23-,27?/m1/s1. The second-order valence-corrected chi connectivity index (χ2v) is 10.00. The number of halogens is 2. The summed E-state index contributed by atoms with van der Waals surface area (Å²) in [6.07, 6.45) is 7.83. The first-order valence-electron chi connectivity index (χ1n) is 12.5. The highest BCUT2D eigenvalue weighted by Crippen LogP contribution is 2.40. The van der Waals surface area contributed by atoms with Crippen LogP contribution in [0.25, 0.3) is 5.52 Å². The van der Waals surface area contributed by atoms with Crippen LogP contribution in [0, 0.1) is 17.0 Å². The van der Waals surface area contributed by atoms with Crippen LogP contribution in [-0.2, 0) is 4.79 Å². The molecule has 2 fully saturated rings. The molecular formula is C27H30F2N4O3. The Kier molecular flexibility index (Phi) is 6.40. The molecule has 1 amide bonds. The molecule has 0 spiro atoms. The molecule has 7 nitrogen and oxygen atoms in total. The third-order valence-electron chi connectivity index (χ3n) is 7.96. The van der Waals surface area contributed by atoms with E-state index in [2.05, 4.69) is 10.4 Å². The van der Waals surface area contributed by atoms with Crippen LogP contribution in [0.15, 0.2) is 42.7 Å². The molecule has 9 heteroatoms. The highest BCUT2D eigenvalue weighted by Gasteiger charge is 2.42. The Labute approximate surface area is 208 Å². The van der Waals surface area contributed by atoms with Gasteiger partial charge in [0.1, 0.15) is 11.6 Å². The topological polar surface area (TPSA) is 86.9 Å². The van der Waals surface area contributed by atoms with E-state index in [0.717, 1.165) is 37.1 Å². The number of nitrogens with zero attached hydrogens (tertiary/aromatic N) is 3. The lowest BCUT2D eigenvalue weighted by Crippen LogP contribution is -2.45. The molecule has 190 valence electrons. The molecule has 1 aliphatic carbocycles. The Morgan fingerprint density at radius 2 is 2.03 bits per heavy atom. The molecule has 2 aliphatic rings. The lowest BCUT2D eigenvalue weighted by Gasteiger charge is -2.37. The molecule has 1 saturated heterocycles. The molecule has 2 unspecified atom stereocenters. The number of carbonyl (C=O) groups is 2. The molecule has 3 heterocycles. The van der Waals surface area contributed by atoms with Crippen molar-refractivity contribution in [3.8, 4) is 0 Å². The average Bonchev–Trinajstić information content (AvgIpc) is 3.52. The van der Waals surface area contributed by atoms with E-state index in [1.807, 2.05) is 24.0 Å². The Morgan fingerprint density at radius 3 is 2.81 bits per heavy atom. The summed E-state index contributed by atoms with van der Waals surface area (Å²) in [5.41, 5.74) is 1.32. The van der Waals surface area contributed by atoms with Gasteiger partial charge in [-0.3, -0.25) is 9.59 Å². The minimum atomic E-state index is -0.806. The van der Waals surface area contributed by atoms with Crippen LogP contribution in [0.5, 0.6) is 0 Å². The summed E-state index contributed by atoms with van der Waals surface area (Å²) in [5.74, 6) is -2.00. The van der Waals surface area contributed by atoms with Gasteiger partial charge in [0.25, 0.3) is 5.91 Å². The van der Waals surface area contributed by atoms with Crippen molar-refractivity contribution in [2.45, 2.75) is 64.0 Å². The summed E-state index contributed by atoms with van der Waals surface area (Å²) in [6.45, 7) is 2.56. The van der Waals surface area contributed by atoms with Crippen molar-refractivity contribution >= 4 is 23.1 Å². The van der Waals surface area contributed by atoms with E-state index in [4.69, 9.17) is 0 Å². The number of aliphatic carboxylic acids is 1. The van der Waals surface area contributed by atoms with E-state index in [-0.39, 0.29) is 18.0 Å². The van der Waals surface area contributed by atoms with E-state index >= 15 is 0 Å². The van der Waals surface area contributed by atoms with Crippen LogP contribution in [-0.4, -0.2) is 39.2 Å². The highest BCUT2D eigenvalue weighted by molar-refractivity contribution is 6.01. The first-order chi connectivity index (χ1) is 17.3. The number of carboxylic acid groups (broad SMARTS) is 1. The van der Waals surface area contributed by atoms with Gasteiger partial charge in [0.05, 0.1) is 28.7 Å². The van der Waals surface area contributed by atoms with Gasteiger partial charge in [0.2, 0.25) is 0 Å². The molecule has 5 rings (SSSR count). The quantitative estimate of drug-likeness (QED) is 0.496. The van der Waals surface area contributed by atoms with E-state index in [9.17, 15) is 23.5 Å². The molecule has 1 aliphatic heterocycles. The van der Waals surface area contributed by atoms with Crippen molar-refractivity contribution < 1.29 is 23.5 Å². The fourth-order valence-corrected chi connectivity index (χ4v) is 5.91. The molecule has 2 N–H and O–H groups in total. The van der Waals surface area contributed by atoms with Gasteiger partial charge in [-0.25, -0.2) is 13.3 Å². The Balaban J connectivity index is 1.40. The zero-order valence-electron chi connectivity index (χ0n) is 20.2. The smallest absolute Gasteiger partial charge is 0.309 e. The number of hydrogen-bond donors (Lipinski definition) is 2. The second kappa shape index (κ2) is 9.52. The fourth-order valence-electron chi connectivity index (χ4n) is 5.91. The van der Waals surface area contributed by atoms with Crippen molar-refractivity contribution in [2.24, 2.45) is 5.41 Å². The van der Waals surface area contributed by atoms with Crippen LogP contribution in [0.4, 0.5) is 14.5 Å². The molecule has 2 aromatic heterocycles. The molecule has 1 saturated carbocycles. The van der Waals surface area contributed by atoms with Gasteiger partial charge in [-0.2, -0.15) is 5.10 Å². The highest BCUT2D eigenvalue weighted by atomic mass is 19.1. The number of hydrogen-bond acceptors (Lipinski definition) is 4. The van der Waals surface area contributed by atoms with Gasteiger partial charge < -0.3 is 15.3 Å². The number of amides is 1. The van der Waals surface area contributed by atoms with Crippen LogP contribution < -0.4 is 10.2 Å². The van der Waals surface area contributed by atoms with Crippen molar-refractivity contribution in [1.29, 1.82) is 0 Å². The van der Waals surface area contributed by atoms with Crippen molar-refractivity contribution in [3.63, 3.8) is 0 Å². The first kappa shape index (κ1) is 24.2. The van der Waals surface area contributed by atoms with E-state index in [1.165, 1.54) is 12.3 Å². The lowest BCUT2D eigenvalue weighted by atomic mass is 9.70. The Bertz CT molecular complexity index is 1310. The summed E-state index contributed by atoms with van der Waals surface area (Å²) in [7, 11) is 0. The van der Waals surface area contributed by atoms with E-state index in [1.54, 1.807) is 10.7 Å². The second-order valence-electron chi connectivity index (χ2n) is 10.00. The van der Waals surface area contributed by atoms with Crippen molar-refractivity contribution in [3.05, 3.63) is 65.5 Å². The monoisotopic (exact) mass is 496 g/mol. The van der Waals surface area contributed by atoms with Crippen LogP contribution in [0.2, 0.25) is 0 Å². The zero-order valence-corrected chi connectivity index (χ0v) is 20.2.